The van der Waals surface area contributed by atoms with Gasteiger partial charge in [-0.25, -0.2) is 0 Å². The average Bonchev–Trinajstić information content (AvgIpc) is 3.10. The molecule has 1 aliphatic rings. The second kappa shape index (κ2) is 13.1. The summed E-state index contributed by atoms with van der Waals surface area (Å²) in [7, 11) is 0. The first-order valence-corrected chi connectivity index (χ1v) is 10.5. The summed E-state index contributed by atoms with van der Waals surface area (Å²) in [5.74, 6) is 2.00. The van der Waals surface area contributed by atoms with Crippen molar-refractivity contribution in [1.82, 2.24) is 0 Å². The number of allylic oxidation sites excluding steroid dienone is 6. The topological polar surface area (TPSA) is 40.5 Å². The van der Waals surface area contributed by atoms with E-state index in [9.17, 15) is 5.11 Å². The number of rotatable bonds is 14. The van der Waals surface area contributed by atoms with Gasteiger partial charge in [0.05, 0.1) is 6.61 Å². The first kappa shape index (κ1) is 22.9. The van der Waals surface area contributed by atoms with E-state index >= 15 is 0 Å². The standard InChI is InChI=1S/C24H40O2/c1-4-6-13-21(3)14-11-16-23-18-12-17-22(23)15-9-7-8-10-19-24(26,5-2)20-25/h5-6,11-13,16,18,21-23,25-26H,2,4,7-10,14-15,17,19-20H2,1,3H3/t21-,22+,23+,24?/m1/s1. The van der Waals surface area contributed by atoms with Gasteiger partial charge in [-0.1, -0.05) is 82.1 Å². The van der Waals surface area contributed by atoms with Crippen LogP contribution in [0, 0.1) is 17.8 Å². The quantitative estimate of drug-likeness (QED) is 0.295. The summed E-state index contributed by atoms with van der Waals surface area (Å²) in [6, 6.07) is 0. The smallest absolute Gasteiger partial charge is 0.105 e. The maximum Gasteiger partial charge on any atom is 0.105 e. The van der Waals surface area contributed by atoms with Crippen LogP contribution in [-0.2, 0) is 0 Å². The Morgan fingerprint density at radius 1 is 1.23 bits per heavy atom. The van der Waals surface area contributed by atoms with Crippen molar-refractivity contribution in [2.45, 2.75) is 77.2 Å². The lowest BCUT2D eigenvalue weighted by Crippen LogP contribution is -2.30. The number of unbranched alkanes of at least 4 members (excludes halogenated alkanes) is 3. The van der Waals surface area contributed by atoms with Crippen molar-refractivity contribution in [2.75, 3.05) is 6.61 Å². The fourth-order valence-electron chi connectivity index (χ4n) is 3.59. The summed E-state index contributed by atoms with van der Waals surface area (Å²) in [4.78, 5) is 0. The average molecular weight is 361 g/mol. The Kier molecular flexibility index (Phi) is 11.6. The molecule has 0 bridgehead atoms. The Labute approximate surface area is 161 Å². The lowest BCUT2D eigenvalue weighted by atomic mass is 9.89. The van der Waals surface area contributed by atoms with Crippen molar-refractivity contribution in [1.29, 1.82) is 0 Å². The molecule has 1 aliphatic carbocycles. The molecule has 26 heavy (non-hydrogen) atoms. The molecule has 148 valence electrons. The summed E-state index contributed by atoms with van der Waals surface area (Å²) < 4.78 is 0. The first-order valence-electron chi connectivity index (χ1n) is 10.5. The Hall–Kier alpha value is -1.12. The van der Waals surface area contributed by atoms with Crippen LogP contribution in [0.2, 0.25) is 0 Å². The second-order valence-corrected chi connectivity index (χ2v) is 7.90. The molecular formula is C24H40O2. The SMILES string of the molecule is C=CC(O)(CO)CCCCCC[C@H]1CC=C[C@@H]1C=CC[C@H](C)C=CCC. The molecule has 2 N–H and O–H groups in total. The third kappa shape index (κ3) is 9.00. The van der Waals surface area contributed by atoms with Crippen LogP contribution in [-0.4, -0.2) is 22.4 Å². The van der Waals surface area contributed by atoms with Gasteiger partial charge >= 0.3 is 0 Å². The Morgan fingerprint density at radius 3 is 2.69 bits per heavy atom. The van der Waals surface area contributed by atoms with Crippen LogP contribution < -0.4 is 0 Å². The Morgan fingerprint density at radius 2 is 2.00 bits per heavy atom. The van der Waals surface area contributed by atoms with Crippen LogP contribution in [0.4, 0.5) is 0 Å². The largest absolute Gasteiger partial charge is 0.393 e. The molecule has 1 rings (SSSR count). The van der Waals surface area contributed by atoms with Gasteiger partial charge in [0.1, 0.15) is 5.60 Å². The first-order chi connectivity index (χ1) is 12.5. The molecule has 0 aliphatic heterocycles. The van der Waals surface area contributed by atoms with E-state index in [1.165, 1.54) is 31.8 Å². The molecule has 0 radical (unpaired) electrons. The highest BCUT2D eigenvalue weighted by Gasteiger charge is 2.21. The predicted octanol–water partition coefficient (Wildman–Crippen LogP) is 5.98. The Balaban J connectivity index is 2.20. The summed E-state index contributed by atoms with van der Waals surface area (Å²) in [5.41, 5.74) is -1.09. The zero-order chi connectivity index (χ0) is 19.3. The number of hydrogen-bond donors (Lipinski definition) is 2. The Bertz CT molecular complexity index is 463. The van der Waals surface area contributed by atoms with Gasteiger partial charge in [-0.2, -0.15) is 0 Å². The molecule has 2 heteroatoms. The van der Waals surface area contributed by atoms with Gasteiger partial charge in [0.25, 0.3) is 0 Å². The van der Waals surface area contributed by atoms with Crippen LogP contribution in [0.1, 0.15) is 71.6 Å². The predicted molar refractivity (Wildman–Crippen MR) is 113 cm³/mol. The van der Waals surface area contributed by atoms with E-state index in [2.05, 4.69) is 56.9 Å². The molecule has 0 aromatic rings. The third-order valence-electron chi connectivity index (χ3n) is 5.50. The third-order valence-corrected chi connectivity index (χ3v) is 5.50. The van der Waals surface area contributed by atoms with Crippen molar-refractivity contribution in [3.63, 3.8) is 0 Å². The molecule has 0 amide bonds. The molecule has 2 nitrogen and oxygen atoms in total. The molecule has 0 aromatic carbocycles. The van der Waals surface area contributed by atoms with Gasteiger partial charge < -0.3 is 10.2 Å². The molecule has 0 heterocycles. The fourth-order valence-corrected chi connectivity index (χ4v) is 3.59. The van der Waals surface area contributed by atoms with Crippen molar-refractivity contribution in [2.24, 2.45) is 17.8 Å². The van der Waals surface area contributed by atoms with E-state index < -0.39 is 5.60 Å². The minimum Gasteiger partial charge on any atom is -0.393 e. The van der Waals surface area contributed by atoms with Crippen LogP contribution in [0.15, 0.2) is 49.1 Å². The van der Waals surface area contributed by atoms with Crippen LogP contribution in [0.3, 0.4) is 0 Å². The van der Waals surface area contributed by atoms with Crippen LogP contribution >= 0.6 is 0 Å². The highest BCUT2D eigenvalue weighted by Crippen LogP contribution is 2.31. The zero-order valence-electron chi connectivity index (χ0n) is 16.9. The maximum atomic E-state index is 9.97. The van der Waals surface area contributed by atoms with Crippen molar-refractivity contribution < 1.29 is 10.2 Å². The van der Waals surface area contributed by atoms with Gasteiger partial charge in [0.15, 0.2) is 0 Å². The van der Waals surface area contributed by atoms with Gasteiger partial charge in [0.2, 0.25) is 0 Å². The van der Waals surface area contributed by atoms with Crippen molar-refractivity contribution in [3.05, 3.63) is 49.1 Å². The van der Waals surface area contributed by atoms with Gasteiger partial charge in [-0.05, 0) is 49.9 Å². The minimum atomic E-state index is -1.09. The van der Waals surface area contributed by atoms with E-state index in [0.717, 1.165) is 31.6 Å². The van der Waals surface area contributed by atoms with Crippen molar-refractivity contribution >= 4 is 0 Å². The molecular weight excluding hydrogens is 320 g/mol. The molecule has 1 unspecified atom stereocenters. The monoisotopic (exact) mass is 360 g/mol. The molecule has 4 atom stereocenters. The number of aliphatic hydroxyl groups excluding tert-OH is 1. The second-order valence-electron chi connectivity index (χ2n) is 7.90. The van der Waals surface area contributed by atoms with E-state index in [-0.39, 0.29) is 6.61 Å². The maximum absolute atomic E-state index is 9.97. The summed E-state index contributed by atoms with van der Waals surface area (Å²) >= 11 is 0. The van der Waals surface area contributed by atoms with E-state index in [0.29, 0.717) is 18.3 Å². The van der Waals surface area contributed by atoms with Crippen LogP contribution in [0.25, 0.3) is 0 Å². The highest BCUT2D eigenvalue weighted by molar-refractivity contribution is 5.10. The van der Waals surface area contributed by atoms with Gasteiger partial charge in [-0.3, -0.25) is 0 Å². The highest BCUT2D eigenvalue weighted by atomic mass is 16.3. The normalized spacial score (nSPS) is 23.7. The van der Waals surface area contributed by atoms with Gasteiger partial charge in [0, 0.05) is 0 Å². The van der Waals surface area contributed by atoms with Crippen LogP contribution in [0.5, 0.6) is 0 Å². The van der Waals surface area contributed by atoms with Gasteiger partial charge in [-0.15, -0.1) is 6.58 Å². The van der Waals surface area contributed by atoms with E-state index in [1.807, 2.05) is 0 Å². The summed E-state index contributed by atoms with van der Waals surface area (Å²) in [5, 5.41) is 19.1. The minimum absolute atomic E-state index is 0.231. The lowest BCUT2D eigenvalue weighted by molar-refractivity contribution is 0.0186. The number of aliphatic hydroxyl groups is 2. The molecule has 0 fully saturated rings. The molecule has 0 saturated carbocycles. The van der Waals surface area contributed by atoms with E-state index in [1.54, 1.807) is 0 Å². The lowest BCUT2D eigenvalue weighted by Gasteiger charge is -2.21. The zero-order valence-corrected chi connectivity index (χ0v) is 16.9. The fraction of sp³-hybridized carbons (Fsp3) is 0.667. The van der Waals surface area contributed by atoms with Crippen molar-refractivity contribution in [3.8, 4) is 0 Å². The molecule has 0 saturated heterocycles. The molecule has 0 aromatic heterocycles. The number of hydrogen-bond acceptors (Lipinski definition) is 2. The summed E-state index contributed by atoms with van der Waals surface area (Å²) in [6.07, 6.45) is 25.4. The summed E-state index contributed by atoms with van der Waals surface area (Å²) in [6.45, 7) is 7.83. The van der Waals surface area contributed by atoms with E-state index in [4.69, 9.17) is 5.11 Å². The molecule has 0 spiro atoms.